The number of anilines is 1. The fourth-order valence-corrected chi connectivity index (χ4v) is 1.82. The Labute approximate surface area is 118 Å². The molecule has 0 saturated carbocycles. The van der Waals surface area contributed by atoms with Crippen LogP contribution in [0.2, 0.25) is 5.02 Å². The molecule has 0 amide bonds. The van der Waals surface area contributed by atoms with Gasteiger partial charge in [-0.05, 0) is 24.3 Å². The van der Waals surface area contributed by atoms with Gasteiger partial charge in [-0.3, -0.25) is 0 Å². The topological polar surface area (TPSA) is 30.5 Å². The molecule has 2 aromatic carbocycles. The highest BCUT2D eigenvalue weighted by molar-refractivity contribution is 6.33. The van der Waals surface area contributed by atoms with Crippen LogP contribution >= 0.6 is 11.6 Å². The van der Waals surface area contributed by atoms with Crippen LogP contribution in [0.15, 0.2) is 48.5 Å². The van der Waals surface area contributed by atoms with E-state index in [1.165, 1.54) is 0 Å². The SMILES string of the molecule is COc1ccc(Cl)c(NCCOc2ccccc2)c1. The molecule has 100 valence electrons. The maximum Gasteiger partial charge on any atom is 0.121 e. The van der Waals surface area contributed by atoms with Gasteiger partial charge in [-0.15, -0.1) is 0 Å². The molecule has 0 heterocycles. The predicted octanol–water partition coefficient (Wildman–Crippen LogP) is 3.84. The third-order valence-electron chi connectivity index (χ3n) is 2.60. The highest BCUT2D eigenvalue weighted by atomic mass is 35.5. The summed E-state index contributed by atoms with van der Waals surface area (Å²) in [5.74, 6) is 1.64. The highest BCUT2D eigenvalue weighted by Crippen LogP contribution is 2.26. The van der Waals surface area contributed by atoms with Crippen molar-refractivity contribution < 1.29 is 9.47 Å². The second-order valence-corrected chi connectivity index (χ2v) is 4.34. The number of benzene rings is 2. The molecule has 0 radical (unpaired) electrons. The van der Waals surface area contributed by atoms with Crippen LogP contribution in [0.4, 0.5) is 5.69 Å². The van der Waals surface area contributed by atoms with Crippen molar-refractivity contribution in [3.8, 4) is 11.5 Å². The zero-order valence-electron chi connectivity index (χ0n) is 10.7. The lowest BCUT2D eigenvalue weighted by Crippen LogP contribution is -2.11. The fourth-order valence-electron chi connectivity index (χ4n) is 1.64. The van der Waals surface area contributed by atoms with Crippen molar-refractivity contribution in [3.63, 3.8) is 0 Å². The summed E-state index contributed by atoms with van der Waals surface area (Å²) < 4.78 is 10.7. The van der Waals surface area contributed by atoms with Crippen LogP contribution < -0.4 is 14.8 Å². The number of hydrogen-bond donors (Lipinski definition) is 1. The third kappa shape index (κ3) is 4.07. The normalized spacial score (nSPS) is 10.0. The summed E-state index contributed by atoms with van der Waals surface area (Å²) in [6, 6.07) is 15.2. The summed E-state index contributed by atoms with van der Waals surface area (Å²) in [7, 11) is 1.63. The molecule has 0 fully saturated rings. The van der Waals surface area contributed by atoms with E-state index in [1.807, 2.05) is 42.5 Å². The molecular weight excluding hydrogens is 262 g/mol. The van der Waals surface area contributed by atoms with Crippen LogP contribution in [-0.4, -0.2) is 20.3 Å². The van der Waals surface area contributed by atoms with E-state index in [1.54, 1.807) is 13.2 Å². The number of para-hydroxylation sites is 1. The van der Waals surface area contributed by atoms with Gasteiger partial charge in [0.2, 0.25) is 0 Å². The second-order valence-electron chi connectivity index (χ2n) is 3.93. The van der Waals surface area contributed by atoms with E-state index >= 15 is 0 Å². The van der Waals surface area contributed by atoms with Crippen molar-refractivity contribution >= 4 is 17.3 Å². The average Bonchev–Trinajstić information content (AvgIpc) is 2.46. The lowest BCUT2D eigenvalue weighted by atomic mass is 10.3. The van der Waals surface area contributed by atoms with Crippen molar-refractivity contribution in [2.75, 3.05) is 25.6 Å². The highest BCUT2D eigenvalue weighted by Gasteiger charge is 2.01. The lowest BCUT2D eigenvalue weighted by molar-refractivity contribution is 0.333. The van der Waals surface area contributed by atoms with Crippen LogP contribution in [0.3, 0.4) is 0 Å². The van der Waals surface area contributed by atoms with E-state index in [0.717, 1.165) is 17.2 Å². The monoisotopic (exact) mass is 277 g/mol. The Morgan fingerprint density at radius 2 is 1.84 bits per heavy atom. The average molecular weight is 278 g/mol. The Hall–Kier alpha value is -1.87. The van der Waals surface area contributed by atoms with E-state index in [2.05, 4.69) is 5.32 Å². The number of hydrogen-bond acceptors (Lipinski definition) is 3. The maximum absolute atomic E-state index is 6.09. The Morgan fingerprint density at radius 3 is 2.58 bits per heavy atom. The van der Waals surface area contributed by atoms with Gasteiger partial charge in [-0.1, -0.05) is 29.8 Å². The molecule has 0 aliphatic carbocycles. The Balaban J connectivity index is 1.82. The van der Waals surface area contributed by atoms with E-state index in [-0.39, 0.29) is 0 Å². The first-order chi connectivity index (χ1) is 9.29. The molecular formula is C15H16ClNO2. The number of nitrogens with one attached hydrogen (secondary N) is 1. The molecule has 1 N–H and O–H groups in total. The van der Waals surface area contributed by atoms with Crippen molar-refractivity contribution in [1.82, 2.24) is 0 Å². The first-order valence-corrected chi connectivity index (χ1v) is 6.42. The van der Waals surface area contributed by atoms with Crippen LogP contribution in [0.25, 0.3) is 0 Å². The Kier molecular flexibility index (Phi) is 4.93. The Bertz CT molecular complexity index is 517. The molecule has 0 unspecified atom stereocenters. The summed E-state index contributed by atoms with van der Waals surface area (Å²) in [5, 5.41) is 3.89. The summed E-state index contributed by atoms with van der Waals surface area (Å²) >= 11 is 6.09. The van der Waals surface area contributed by atoms with E-state index in [9.17, 15) is 0 Å². The largest absolute Gasteiger partial charge is 0.497 e. The van der Waals surface area contributed by atoms with Gasteiger partial charge in [0.1, 0.15) is 18.1 Å². The van der Waals surface area contributed by atoms with Crippen LogP contribution in [0.1, 0.15) is 0 Å². The molecule has 0 saturated heterocycles. The second kappa shape index (κ2) is 6.90. The minimum Gasteiger partial charge on any atom is -0.497 e. The molecule has 3 nitrogen and oxygen atoms in total. The quantitative estimate of drug-likeness (QED) is 0.814. The van der Waals surface area contributed by atoms with Crippen molar-refractivity contribution in [2.24, 2.45) is 0 Å². The van der Waals surface area contributed by atoms with Gasteiger partial charge >= 0.3 is 0 Å². The zero-order chi connectivity index (χ0) is 13.5. The third-order valence-corrected chi connectivity index (χ3v) is 2.93. The van der Waals surface area contributed by atoms with E-state index < -0.39 is 0 Å². The summed E-state index contributed by atoms with van der Waals surface area (Å²) in [5.41, 5.74) is 0.845. The van der Waals surface area contributed by atoms with Gasteiger partial charge in [-0.25, -0.2) is 0 Å². The van der Waals surface area contributed by atoms with E-state index in [0.29, 0.717) is 18.2 Å². The molecule has 4 heteroatoms. The lowest BCUT2D eigenvalue weighted by Gasteiger charge is -2.11. The van der Waals surface area contributed by atoms with Gasteiger partial charge in [0, 0.05) is 12.6 Å². The van der Waals surface area contributed by atoms with Crippen LogP contribution in [-0.2, 0) is 0 Å². The minimum atomic E-state index is 0.567. The van der Waals surface area contributed by atoms with Crippen molar-refractivity contribution in [2.45, 2.75) is 0 Å². The van der Waals surface area contributed by atoms with Gasteiger partial charge in [0.05, 0.1) is 17.8 Å². The standard InChI is InChI=1S/C15H16ClNO2/c1-18-13-7-8-14(16)15(11-13)17-9-10-19-12-5-3-2-4-6-12/h2-8,11,17H,9-10H2,1H3. The van der Waals surface area contributed by atoms with Gasteiger partial charge in [-0.2, -0.15) is 0 Å². The van der Waals surface area contributed by atoms with Gasteiger partial charge < -0.3 is 14.8 Å². The molecule has 2 aromatic rings. The molecule has 0 aromatic heterocycles. The first kappa shape index (κ1) is 13.6. The summed E-state index contributed by atoms with van der Waals surface area (Å²) in [6.45, 7) is 1.24. The molecule has 2 rings (SSSR count). The molecule has 0 aliphatic rings. The number of ether oxygens (including phenoxy) is 2. The molecule has 0 atom stereocenters. The summed E-state index contributed by atoms with van der Waals surface area (Å²) in [4.78, 5) is 0. The number of rotatable bonds is 6. The zero-order valence-corrected chi connectivity index (χ0v) is 11.5. The van der Waals surface area contributed by atoms with Crippen LogP contribution in [0.5, 0.6) is 11.5 Å². The molecule has 0 aliphatic heterocycles. The molecule has 0 bridgehead atoms. The van der Waals surface area contributed by atoms with Crippen LogP contribution in [0, 0.1) is 0 Å². The van der Waals surface area contributed by atoms with Gasteiger partial charge in [0.15, 0.2) is 0 Å². The summed E-state index contributed by atoms with van der Waals surface area (Å²) in [6.07, 6.45) is 0. The first-order valence-electron chi connectivity index (χ1n) is 6.05. The van der Waals surface area contributed by atoms with Crippen molar-refractivity contribution in [3.05, 3.63) is 53.6 Å². The van der Waals surface area contributed by atoms with E-state index in [4.69, 9.17) is 21.1 Å². The molecule has 19 heavy (non-hydrogen) atoms. The predicted molar refractivity (Wildman–Crippen MR) is 78.4 cm³/mol. The number of methoxy groups -OCH3 is 1. The maximum atomic E-state index is 6.09. The smallest absolute Gasteiger partial charge is 0.121 e. The molecule has 0 spiro atoms. The Morgan fingerprint density at radius 1 is 1.05 bits per heavy atom. The fraction of sp³-hybridized carbons (Fsp3) is 0.200. The number of halogens is 1. The van der Waals surface area contributed by atoms with Gasteiger partial charge in [0.25, 0.3) is 0 Å². The van der Waals surface area contributed by atoms with Crippen molar-refractivity contribution in [1.29, 1.82) is 0 Å². The minimum absolute atomic E-state index is 0.567.